The lowest BCUT2D eigenvalue weighted by molar-refractivity contribution is -0.384. The largest absolute Gasteiger partial charge is 0.398 e. The highest BCUT2D eigenvalue weighted by molar-refractivity contribution is 5.99. The number of non-ortho nitro benzene ring substituents is 1. The van der Waals surface area contributed by atoms with E-state index >= 15 is 0 Å². The second-order valence-electron chi connectivity index (χ2n) is 4.35. The number of unbranched alkanes of at least 4 members (excludes halogenated alkanes) is 3. The maximum Gasteiger partial charge on any atom is 0.270 e. The van der Waals surface area contributed by atoms with Crippen LogP contribution in [0.15, 0.2) is 18.2 Å². The van der Waals surface area contributed by atoms with Gasteiger partial charge in [-0.1, -0.05) is 26.2 Å². The minimum absolute atomic E-state index is 0.134. The van der Waals surface area contributed by atoms with Crippen LogP contribution in [0.3, 0.4) is 0 Å². The number of nitrogens with one attached hydrogen (secondary N) is 1. The van der Waals surface area contributed by atoms with E-state index < -0.39 is 4.92 Å². The van der Waals surface area contributed by atoms with E-state index in [1.54, 1.807) is 0 Å². The van der Waals surface area contributed by atoms with Gasteiger partial charge >= 0.3 is 0 Å². The number of nitrogens with zero attached hydrogens (tertiary/aromatic N) is 1. The van der Waals surface area contributed by atoms with Crippen molar-refractivity contribution in [3.05, 3.63) is 33.9 Å². The monoisotopic (exact) mass is 265 g/mol. The maximum absolute atomic E-state index is 11.9. The number of hydrogen-bond donors (Lipinski definition) is 2. The van der Waals surface area contributed by atoms with Crippen molar-refractivity contribution in [2.75, 3.05) is 12.3 Å². The molecule has 0 aliphatic carbocycles. The molecule has 0 aliphatic rings. The number of nitrogen functional groups attached to an aromatic ring is 1. The number of amides is 1. The van der Waals surface area contributed by atoms with Crippen LogP contribution in [-0.2, 0) is 0 Å². The minimum atomic E-state index is -0.544. The third kappa shape index (κ3) is 4.57. The second-order valence-corrected chi connectivity index (χ2v) is 4.35. The average molecular weight is 265 g/mol. The van der Waals surface area contributed by atoms with E-state index in [-0.39, 0.29) is 22.8 Å². The summed E-state index contributed by atoms with van der Waals surface area (Å²) in [5.74, 6) is -0.363. The topological polar surface area (TPSA) is 98.3 Å². The molecular weight excluding hydrogens is 246 g/mol. The smallest absolute Gasteiger partial charge is 0.270 e. The molecule has 3 N–H and O–H groups in total. The Labute approximate surface area is 112 Å². The van der Waals surface area contributed by atoms with Gasteiger partial charge in [0.25, 0.3) is 11.6 Å². The summed E-state index contributed by atoms with van der Waals surface area (Å²) >= 11 is 0. The molecule has 0 saturated heterocycles. The summed E-state index contributed by atoms with van der Waals surface area (Å²) in [6.07, 6.45) is 4.22. The molecule has 0 atom stereocenters. The first kappa shape index (κ1) is 14.9. The molecule has 6 heteroatoms. The fourth-order valence-electron chi connectivity index (χ4n) is 1.70. The van der Waals surface area contributed by atoms with Gasteiger partial charge in [0.2, 0.25) is 0 Å². The normalized spacial score (nSPS) is 10.2. The minimum Gasteiger partial charge on any atom is -0.398 e. The van der Waals surface area contributed by atoms with Gasteiger partial charge in [0.05, 0.1) is 10.5 Å². The summed E-state index contributed by atoms with van der Waals surface area (Å²) in [6.45, 7) is 2.67. The van der Waals surface area contributed by atoms with Gasteiger partial charge in [0.1, 0.15) is 0 Å². The number of carbonyl (C=O) groups excluding carboxylic acids is 1. The van der Waals surface area contributed by atoms with Crippen molar-refractivity contribution in [1.29, 1.82) is 0 Å². The number of benzene rings is 1. The van der Waals surface area contributed by atoms with E-state index in [1.807, 2.05) is 0 Å². The lowest BCUT2D eigenvalue weighted by Gasteiger charge is -2.07. The van der Waals surface area contributed by atoms with Gasteiger partial charge in [-0.05, 0) is 12.5 Å². The molecule has 0 radical (unpaired) electrons. The van der Waals surface area contributed by atoms with Crippen molar-refractivity contribution in [2.45, 2.75) is 32.6 Å². The molecule has 0 saturated carbocycles. The lowest BCUT2D eigenvalue weighted by atomic mass is 10.1. The van der Waals surface area contributed by atoms with Crippen molar-refractivity contribution >= 4 is 17.3 Å². The standard InChI is InChI=1S/C13H19N3O3/c1-2-3-4-5-8-15-13(17)11-9-10(16(18)19)6-7-12(11)14/h6-7,9H,2-5,8,14H2,1H3,(H,15,17). The van der Waals surface area contributed by atoms with E-state index in [2.05, 4.69) is 12.2 Å². The molecule has 0 aliphatic heterocycles. The van der Waals surface area contributed by atoms with Crippen molar-refractivity contribution in [3.63, 3.8) is 0 Å². The Hall–Kier alpha value is -2.11. The molecule has 104 valence electrons. The molecule has 19 heavy (non-hydrogen) atoms. The first-order valence-electron chi connectivity index (χ1n) is 6.38. The van der Waals surface area contributed by atoms with Gasteiger partial charge in [-0.3, -0.25) is 14.9 Å². The summed E-state index contributed by atoms with van der Waals surface area (Å²) in [4.78, 5) is 22.0. The fraction of sp³-hybridized carbons (Fsp3) is 0.462. The highest BCUT2D eigenvalue weighted by Gasteiger charge is 2.14. The van der Waals surface area contributed by atoms with Gasteiger partial charge in [-0.15, -0.1) is 0 Å². The van der Waals surface area contributed by atoms with Gasteiger partial charge in [-0.25, -0.2) is 0 Å². The average Bonchev–Trinajstić information content (AvgIpc) is 2.38. The van der Waals surface area contributed by atoms with Crippen molar-refractivity contribution in [2.24, 2.45) is 0 Å². The van der Waals surface area contributed by atoms with Crippen molar-refractivity contribution < 1.29 is 9.72 Å². The zero-order valence-corrected chi connectivity index (χ0v) is 11.0. The molecule has 6 nitrogen and oxygen atoms in total. The molecule has 0 spiro atoms. The van der Waals surface area contributed by atoms with E-state index in [0.717, 1.165) is 25.7 Å². The van der Waals surface area contributed by atoms with Gasteiger partial charge in [0.15, 0.2) is 0 Å². The molecule has 1 rings (SSSR count). The number of hydrogen-bond acceptors (Lipinski definition) is 4. The number of nitrogens with two attached hydrogens (primary N) is 1. The number of nitro groups is 1. The Kier molecular flexibility index (Phi) is 5.78. The van der Waals surface area contributed by atoms with Gasteiger partial charge < -0.3 is 11.1 Å². The van der Waals surface area contributed by atoms with E-state index in [0.29, 0.717) is 6.54 Å². The van der Waals surface area contributed by atoms with Gasteiger partial charge in [0, 0.05) is 24.4 Å². The molecule has 1 aromatic carbocycles. The van der Waals surface area contributed by atoms with Crippen LogP contribution in [0.4, 0.5) is 11.4 Å². The number of anilines is 1. The molecule has 1 amide bonds. The summed E-state index contributed by atoms with van der Waals surface area (Å²) < 4.78 is 0. The highest BCUT2D eigenvalue weighted by Crippen LogP contribution is 2.19. The van der Waals surface area contributed by atoms with Crippen LogP contribution >= 0.6 is 0 Å². The quantitative estimate of drug-likeness (QED) is 0.342. The van der Waals surface area contributed by atoms with Crippen LogP contribution in [0.2, 0.25) is 0 Å². The molecular formula is C13H19N3O3. The van der Waals surface area contributed by atoms with E-state index in [9.17, 15) is 14.9 Å². The number of rotatable bonds is 7. The van der Waals surface area contributed by atoms with E-state index in [1.165, 1.54) is 18.2 Å². The summed E-state index contributed by atoms with van der Waals surface area (Å²) in [6, 6.07) is 3.87. The SMILES string of the molecule is CCCCCCNC(=O)c1cc([N+](=O)[O-])ccc1N. The Morgan fingerprint density at radius 1 is 1.37 bits per heavy atom. The second kappa shape index (κ2) is 7.35. The Morgan fingerprint density at radius 2 is 2.11 bits per heavy atom. The van der Waals surface area contributed by atoms with Crippen LogP contribution < -0.4 is 11.1 Å². The Morgan fingerprint density at radius 3 is 2.74 bits per heavy atom. The first-order valence-corrected chi connectivity index (χ1v) is 6.38. The Balaban J connectivity index is 2.61. The first-order chi connectivity index (χ1) is 9.06. The predicted octanol–water partition coefficient (Wildman–Crippen LogP) is 2.49. The summed E-state index contributed by atoms with van der Waals surface area (Å²) in [5.41, 5.74) is 5.93. The highest BCUT2D eigenvalue weighted by atomic mass is 16.6. The Bertz CT molecular complexity index is 460. The van der Waals surface area contributed by atoms with Crippen LogP contribution in [0, 0.1) is 10.1 Å². The molecule has 0 heterocycles. The summed E-state index contributed by atoms with van der Waals surface area (Å²) in [7, 11) is 0. The molecule has 0 bridgehead atoms. The third-order valence-corrected chi connectivity index (χ3v) is 2.81. The molecule has 1 aromatic rings. The third-order valence-electron chi connectivity index (χ3n) is 2.81. The van der Waals surface area contributed by atoms with E-state index in [4.69, 9.17) is 5.73 Å². The van der Waals surface area contributed by atoms with Crippen LogP contribution in [-0.4, -0.2) is 17.4 Å². The number of carbonyl (C=O) groups is 1. The van der Waals surface area contributed by atoms with Gasteiger partial charge in [-0.2, -0.15) is 0 Å². The summed E-state index contributed by atoms with van der Waals surface area (Å²) in [5, 5.41) is 13.4. The zero-order chi connectivity index (χ0) is 14.3. The van der Waals surface area contributed by atoms with Crippen LogP contribution in [0.1, 0.15) is 43.0 Å². The lowest BCUT2D eigenvalue weighted by Crippen LogP contribution is -2.25. The fourth-order valence-corrected chi connectivity index (χ4v) is 1.70. The molecule has 0 aromatic heterocycles. The van der Waals surface area contributed by atoms with Crippen LogP contribution in [0.5, 0.6) is 0 Å². The van der Waals surface area contributed by atoms with Crippen molar-refractivity contribution in [3.8, 4) is 0 Å². The van der Waals surface area contributed by atoms with Crippen LogP contribution in [0.25, 0.3) is 0 Å². The zero-order valence-electron chi connectivity index (χ0n) is 11.0. The predicted molar refractivity (Wildman–Crippen MR) is 74.0 cm³/mol. The number of nitro benzene ring substituents is 1. The maximum atomic E-state index is 11.9. The molecule has 0 fully saturated rings. The molecule has 0 unspecified atom stereocenters. The van der Waals surface area contributed by atoms with Crippen molar-refractivity contribution in [1.82, 2.24) is 5.32 Å².